The van der Waals surface area contributed by atoms with E-state index in [1.807, 2.05) is 0 Å². The molecule has 0 aromatic heterocycles. The molecule has 0 aliphatic rings. The van der Waals surface area contributed by atoms with Gasteiger partial charge < -0.3 is 20.5 Å². The van der Waals surface area contributed by atoms with Gasteiger partial charge in [0.1, 0.15) is 11.6 Å². The number of urea groups is 1. The van der Waals surface area contributed by atoms with Gasteiger partial charge in [0.15, 0.2) is 0 Å². The van der Waals surface area contributed by atoms with Crippen molar-refractivity contribution in [3.05, 3.63) is 24.0 Å². The molecule has 0 saturated heterocycles. The Labute approximate surface area is 115 Å². The predicted octanol–water partition coefficient (Wildman–Crippen LogP) is 2.21. The zero-order chi connectivity index (χ0) is 15.1. The molecule has 110 valence electrons. The van der Waals surface area contributed by atoms with Gasteiger partial charge in [-0.05, 0) is 26.0 Å². The first-order chi connectivity index (χ1) is 9.38. The molecule has 1 rings (SSSR count). The number of carbonyl (C=O) groups excluding carboxylic acids is 1. The number of rotatable bonds is 6. The molecule has 0 atom stereocenters. The Balaban J connectivity index is 2.67. The Morgan fingerprint density at radius 2 is 2.10 bits per heavy atom. The number of aliphatic carboxylic acids is 1. The molecule has 0 aliphatic heterocycles. The Morgan fingerprint density at radius 1 is 1.40 bits per heavy atom. The van der Waals surface area contributed by atoms with Crippen LogP contribution in [0.5, 0.6) is 5.75 Å². The third-order valence-corrected chi connectivity index (χ3v) is 2.18. The maximum absolute atomic E-state index is 13.2. The molecule has 0 radical (unpaired) electrons. The number of carbonyl (C=O) groups is 2. The lowest BCUT2D eigenvalue weighted by atomic mass is 10.2. The Morgan fingerprint density at radius 3 is 2.70 bits per heavy atom. The lowest BCUT2D eigenvalue weighted by Crippen LogP contribution is -2.30. The predicted molar refractivity (Wildman–Crippen MR) is 71.4 cm³/mol. The second-order valence-corrected chi connectivity index (χ2v) is 4.33. The number of benzene rings is 1. The highest BCUT2D eigenvalue weighted by molar-refractivity contribution is 5.91. The Hall–Kier alpha value is -2.31. The van der Waals surface area contributed by atoms with E-state index in [0.29, 0.717) is 5.75 Å². The number of hydrogen-bond donors (Lipinski definition) is 3. The van der Waals surface area contributed by atoms with Crippen LogP contribution in [0.4, 0.5) is 14.9 Å². The smallest absolute Gasteiger partial charge is 0.319 e. The van der Waals surface area contributed by atoms with Crippen molar-refractivity contribution < 1.29 is 23.8 Å². The van der Waals surface area contributed by atoms with Gasteiger partial charge in [0, 0.05) is 12.6 Å². The number of ether oxygens (including phenoxy) is 1. The van der Waals surface area contributed by atoms with Crippen molar-refractivity contribution in [2.24, 2.45) is 0 Å². The van der Waals surface area contributed by atoms with E-state index in [1.54, 1.807) is 13.8 Å². The molecular formula is C13H17FN2O4. The molecule has 7 heteroatoms. The number of nitrogens with one attached hydrogen (secondary N) is 2. The largest absolute Gasteiger partial charge is 0.489 e. The van der Waals surface area contributed by atoms with Gasteiger partial charge in [-0.25, -0.2) is 9.18 Å². The van der Waals surface area contributed by atoms with Crippen LogP contribution < -0.4 is 15.4 Å². The molecule has 0 unspecified atom stereocenters. The number of anilines is 1. The topological polar surface area (TPSA) is 87.7 Å². The standard InChI is InChI=1S/C13H17FN2O4/c1-8(2)20-11-4-3-9(14)7-10(11)16-13(19)15-6-5-12(17)18/h3-4,7-8H,5-6H2,1-2H3,(H,17,18)(H2,15,16,19). The summed E-state index contributed by atoms with van der Waals surface area (Å²) >= 11 is 0. The molecule has 6 nitrogen and oxygen atoms in total. The maximum Gasteiger partial charge on any atom is 0.319 e. The minimum atomic E-state index is -1.01. The van der Waals surface area contributed by atoms with Gasteiger partial charge in [-0.3, -0.25) is 4.79 Å². The lowest BCUT2D eigenvalue weighted by molar-refractivity contribution is -0.136. The van der Waals surface area contributed by atoms with Crippen molar-refractivity contribution in [2.45, 2.75) is 26.4 Å². The zero-order valence-corrected chi connectivity index (χ0v) is 11.3. The normalized spacial score (nSPS) is 10.2. The number of carboxylic acid groups (broad SMARTS) is 1. The summed E-state index contributed by atoms with van der Waals surface area (Å²) in [5.41, 5.74) is 0.187. The molecule has 1 aromatic rings. The molecule has 0 bridgehead atoms. The van der Waals surface area contributed by atoms with E-state index in [9.17, 15) is 14.0 Å². The van der Waals surface area contributed by atoms with Crippen molar-refractivity contribution in [3.8, 4) is 5.75 Å². The zero-order valence-electron chi connectivity index (χ0n) is 11.3. The highest BCUT2D eigenvalue weighted by atomic mass is 19.1. The van der Waals surface area contributed by atoms with Crippen molar-refractivity contribution in [1.82, 2.24) is 5.32 Å². The molecular weight excluding hydrogens is 267 g/mol. The molecule has 0 heterocycles. The maximum atomic E-state index is 13.2. The third kappa shape index (κ3) is 5.55. The van der Waals surface area contributed by atoms with E-state index in [0.717, 1.165) is 6.07 Å². The summed E-state index contributed by atoms with van der Waals surface area (Å²) in [6, 6.07) is 3.16. The van der Waals surface area contributed by atoms with Crippen LogP contribution in [0.25, 0.3) is 0 Å². The summed E-state index contributed by atoms with van der Waals surface area (Å²) in [5, 5.41) is 13.2. The second-order valence-electron chi connectivity index (χ2n) is 4.33. The summed E-state index contributed by atoms with van der Waals surface area (Å²) in [7, 11) is 0. The van der Waals surface area contributed by atoms with E-state index >= 15 is 0 Å². The molecule has 0 aliphatic carbocycles. The van der Waals surface area contributed by atoms with Crippen LogP contribution in [0.1, 0.15) is 20.3 Å². The van der Waals surface area contributed by atoms with E-state index in [2.05, 4.69) is 10.6 Å². The molecule has 1 aromatic carbocycles. The highest BCUT2D eigenvalue weighted by Crippen LogP contribution is 2.26. The van der Waals surface area contributed by atoms with Crippen LogP contribution >= 0.6 is 0 Å². The van der Waals surface area contributed by atoms with E-state index < -0.39 is 17.8 Å². The lowest BCUT2D eigenvalue weighted by Gasteiger charge is -2.15. The van der Waals surface area contributed by atoms with Crippen molar-refractivity contribution in [1.29, 1.82) is 0 Å². The fourth-order valence-corrected chi connectivity index (χ4v) is 1.41. The van der Waals surface area contributed by atoms with Crippen molar-refractivity contribution >= 4 is 17.7 Å². The molecule has 0 spiro atoms. The minimum Gasteiger partial charge on any atom is -0.489 e. The SMILES string of the molecule is CC(C)Oc1ccc(F)cc1NC(=O)NCCC(=O)O. The van der Waals surface area contributed by atoms with Gasteiger partial charge in [0.25, 0.3) is 0 Å². The number of carboxylic acids is 1. The third-order valence-electron chi connectivity index (χ3n) is 2.18. The summed E-state index contributed by atoms with van der Waals surface area (Å²) in [4.78, 5) is 21.9. The summed E-state index contributed by atoms with van der Waals surface area (Å²) < 4.78 is 18.6. The fraction of sp³-hybridized carbons (Fsp3) is 0.385. The van der Waals surface area contributed by atoms with Crippen LogP contribution in [0, 0.1) is 5.82 Å². The van der Waals surface area contributed by atoms with Crippen LogP contribution in [-0.2, 0) is 4.79 Å². The summed E-state index contributed by atoms with van der Waals surface area (Å²) in [6.07, 6.45) is -0.317. The summed E-state index contributed by atoms with van der Waals surface area (Å²) in [5.74, 6) is -1.18. The number of halogens is 1. The van der Waals surface area contributed by atoms with E-state index in [-0.39, 0.29) is 24.8 Å². The second kappa shape index (κ2) is 7.32. The van der Waals surface area contributed by atoms with E-state index in [4.69, 9.17) is 9.84 Å². The first kappa shape index (κ1) is 15.7. The Bertz CT molecular complexity index is 491. The molecule has 2 amide bonds. The van der Waals surface area contributed by atoms with Gasteiger partial charge >= 0.3 is 12.0 Å². The van der Waals surface area contributed by atoms with Crippen molar-refractivity contribution in [3.63, 3.8) is 0 Å². The number of hydrogen-bond acceptors (Lipinski definition) is 3. The molecule has 0 saturated carbocycles. The average Bonchev–Trinajstić information content (AvgIpc) is 2.31. The van der Waals surface area contributed by atoms with E-state index in [1.165, 1.54) is 12.1 Å². The molecule has 0 fully saturated rings. The minimum absolute atomic E-state index is 0.0170. The van der Waals surface area contributed by atoms with Crippen LogP contribution in [-0.4, -0.2) is 29.8 Å². The number of amides is 2. The summed E-state index contributed by atoms with van der Waals surface area (Å²) in [6.45, 7) is 3.59. The quantitative estimate of drug-likeness (QED) is 0.747. The Kier molecular flexibility index (Phi) is 5.76. The van der Waals surface area contributed by atoms with Gasteiger partial charge in [-0.1, -0.05) is 0 Å². The first-order valence-corrected chi connectivity index (χ1v) is 6.11. The van der Waals surface area contributed by atoms with Crippen molar-refractivity contribution in [2.75, 3.05) is 11.9 Å². The molecule has 3 N–H and O–H groups in total. The van der Waals surface area contributed by atoms with Gasteiger partial charge in [-0.15, -0.1) is 0 Å². The van der Waals surface area contributed by atoms with Gasteiger partial charge in [0.05, 0.1) is 18.2 Å². The first-order valence-electron chi connectivity index (χ1n) is 6.11. The van der Waals surface area contributed by atoms with Crippen LogP contribution in [0.3, 0.4) is 0 Å². The average molecular weight is 284 g/mol. The highest BCUT2D eigenvalue weighted by Gasteiger charge is 2.10. The molecule has 20 heavy (non-hydrogen) atoms. The van der Waals surface area contributed by atoms with Crippen LogP contribution in [0.2, 0.25) is 0 Å². The van der Waals surface area contributed by atoms with Gasteiger partial charge in [-0.2, -0.15) is 0 Å². The fourth-order valence-electron chi connectivity index (χ4n) is 1.41. The van der Waals surface area contributed by atoms with Gasteiger partial charge in [0.2, 0.25) is 0 Å². The van der Waals surface area contributed by atoms with Crippen LogP contribution in [0.15, 0.2) is 18.2 Å². The monoisotopic (exact) mass is 284 g/mol.